The second kappa shape index (κ2) is 8.83. The molecule has 0 aliphatic rings. The van der Waals surface area contributed by atoms with E-state index >= 15 is 0 Å². The normalized spacial score (nSPS) is 11.7. The molecule has 0 radical (unpaired) electrons. The third-order valence-corrected chi connectivity index (χ3v) is 5.25. The zero-order valence-electron chi connectivity index (χ0n) is 15.8. The largest absolute Gasteiger partial charge is 0.573 e. The van der Waals surface area contributed by atoms with Crippen molar-refractivity contribution in [3.8, 4) is 5.75 Å². The second-order valence-corrected chi connectivity index (χ2v) is 8.00. The molecule has 0 aliphatic heterocycles. The van der Waals surface area contributed by atoms with Crippen LogP contribution in [0.15, 0.2) is 71.6 Å². The summed E-state index contributed by atoms with van der Waals surface area (Å²) >= 11 is 0. The van der Waals surface area contributed by atoms with E-state index in [0.717, 1.165) is 42.5 Å². The highest BCUT2D eigenvalue weighted by Gasteiger charge is 2.31. The van der Waals surface area contributed by atoms with E-state index in [4.69, 9.17) is 0 Å². The van der Waals surface area contributed by atoms with E-state index in [9.17, 15) is 35.2 Å². The lowest BCUT2D eigenvalue weighted by Gasteiger charge is -2.12. The minimum Gasteiger partial charge on any atom is -0.406 e. The van der Waals surface area contributed by atoms with E-state index in [1.54, 1.807) is 0 Å². The molecule has 6 nitrogen and oxygen atoms in total. The van der Waals surface area contributed by atoms with E-state index < -0.39 is 39.7 Å². The molecule has 0 aliphatic carbocycles. The van der Waals surface area contributed by atoms with Crippen molar-refractivity contribution >= 4 is 27.3 Å². The topological polar surface area (TPSA) is 84.5 Å². The van der Waals surface area contributed by atoms with Crippen LogP contribution in [0.2, 0.25) is 0 Å². The zero-order chi connectivity index (χ0) is 23.5. The van der Waals surface area contributed by atoms with Gasteiger partial charge in [-0.2, -0.15) is 0 Å². The van der Waals surface area contributed by atoms with E-state index in [1.807, 2.05) is 0 Å². The van der Waals surface area contributed by atoms with Gasteiger partial charge in [-0.05, 0) is 54.6 Å². The highest BCUT2D eigenvalue weighted by Crippen LogP contribution is 2.25. The molecule has 3 aromatic carbocycles. The molecule has 0 atom stereocenters. The number of ether oxygens (including phenoxy) is 1. The second-order valence-electron chi connectivity index (χ2n) is 6.32. The van der Waals surface area contributed by atoms with Crippen LogP contribution >= 0.6 is 0 Å². The maximum atomic E-state index is 13.3. The Balaban J connectivity index is 1.75. The fourth-order valence-electron chi connectivity index (χ4n) is 2.57. The fourth-order valence-corrected chi connectivity index (χ4v) is 3.67. The molecule has 0 spiro atoms. The van der Waals surface area contributed by atoms with Crippen molar-refractivity contribution in [3.05, 3.63) is 83.9 Å². The molecule has 0 saturated heterocycles. The maximum absolute atomic E-state index is 13.3. The maximum Gasteiger partial charge on any atom is 0.573 e. The van der Waals surface area contributed by atoms with Crippen LogP contribution in [0, 0.1) is 11.6 Å². The summed E-state index contributed by atoms with van der Waals surface area (Å²) in [4.78, 5) is 11.9. The van der Waals surface area contributed by atoms with Gasteiger partial charge in [0, 0.05) is 23.0 Å². The molecular formula is C20H13F5N2O4S. The van der Waals surface area contributed by atoms with Crippen molar-refractivity contribution in [2.24, 2.45) is 0 Å². The number of carbonyl (C=O) groups excluding carboxylic acids is 1. The lowest BCUT2D eigenvalue weighted by atomic mass is 10.2. The number of carbonyl (C=O) groups is 1. The van der Waals surface area contributed by atoms with Crippen LogP contribution in [0.25, 0.3) is 0 Å². The van der Waals surface area contributed by atoms with Gasteiger partial charge in [0.25, 0.3) is 15.9 Å². The van der Waals surface area contributed by atoms with Gasteiger partial charge in [-0.1, -0.05) is 6.07 Å². The molecule has 12 heteroatoms. The molecule has 32 heavy (non-hydrogen) atoms. The summed E-state index contributed by atoms with van der Waals surface area (Å²) in [6, 6.07) is 11.2. The predicted octanol–water partition coefficient (Wildman–Crippen LogP) is 4.92. The van der Waals surface area contributed by atoms with Crippen LogP contribution in [-0.2, 0) is 10.0 Å². The number of hydrogen-bond donors (Lipinski definition) is 2. The van der Waals surface area contributed by atoms with Gasteiger partial charge >= 0.3 is 6.36 Å². The summed E-state index contributed by atoms with van der Waals surface area (Å²) in [7, 11) is -4.18. The number of alkyl halides is 3. The van der Waals surface area contributed by atoms with Gasteiger partial charge in [0.2, 0.25) is 0 Å². The Morgan fingerprint density at radius 3 is 2.06 bits per heavy atom. The highest BCUT2D eigenvalue weighted by molar-refractivity contribution is 7.92. The summed E-state index contributed by atoms with van der Waals surface area (Å²) in [5.74, 6) is -3.31. The molecule has 2 N–H and O–H groups in total. The van der Waals surface area contributed by atoms with Gasteiger partial charge in [0.05, 0.1) is 4.90 Å². The van der Waals surface area contributed by atoms with Crippen molar-refractivity contribution in [1.29, 1.82) is 0 Å². The third-order valence-electron chi connectivity index (χ3n) is 3.87. The van der Waals surface area contributed by atoms with Crippen molar-refractivity contribution in [2.75, 3.05) is 10.0 Å². The number of anilines is 2. The molecule has 0 heterocycles. The Hall–Kier alpha value is -3.67. The van der Waals surface area contributed by atoms with E-state index in [-0.39, 0.29) is 21.8 Å². The number of nitrogens with one attached hydrogen (secondary N) is 2. The molecule has 0 aromatic heterocycles. The average Bonchev–Trinajstić information content (AvgIpc) is 2.68. The number of hydrogen-bond acceptors (Lipinski definition) is 4. The summed E-state index contributed by atoms with van der Waals surface area (Å²) in [5, 5.41) is 2.33. The zero-order valence-corrected chi connectivity index (χ0v) is 16.6. The van der Waals surface area contributed by atoms with Crippen molar-refractivity contribution in [2.45, 2.75) is 11.3 Å². The fraction of sp³-hybridized carbons (Fsp3) is 0.0500. The summed E-state index contributed by atoms with van der Waals surface area (Å²) < 4.78 is 94.3. The molecule has 0 bridgehead atoms. The molecular weight excluding hydrogens is 459 g/mol. The van der Waals surface area contributed by atoms with Crippen LogP contribution in [0.1, 0.15) is 10.4 Å². The van der Waals surface area contributed by atoms with Gasteiger partial charge in [0.15, 0.2) is 0 Å². The van der Waals surface area contributed by atoms with Crippen LogP contribution in [0.3, 0.4) is 0 Å². The third kappa shape index (κ3) is 6.17. The first kappa shape index (κ1) is 23.0. The monoisotopic (exact) mass is 472 g/mol. The Kier molecular flexibility index (Phi) is 6.35. The molecule has 3 rings (SSSR count). The smallest absolute Gasteiger partial charge is 0.406 e. The first-order valence-corrected chi connectivity index (χ1v) is 10.2. The van der Waals surface area contributed by atoms with E-state index in [1.165, 1.54) is 18.2 Å². The summed E-state index contributed by atoms with van der Waals surface area (Å²) in [6.07, 6.45) is -4.89. The molecule has 3 aromatic rings. The van der Waals surface area contributed by atoms with Crippen LogP contribution in [0.4, 0.5) is 33.3 Å². The lowest BCUT2D eigenvalue weighted by molar-refractivity contribution is -0.274. The highest BCUT2D eigenvalue weighted by atomic mass is 32.2. The Morgan fingerprint density at radius 1 is 0.844 bits per heavy atom. The van der Waals surface area contributed by atoms with Crippen molar-refractivity contribution in [3.63, 3.8) is 0 Å². The molecule has 168 valence electrons. The first-order chi connectivity index (χ1) is 14.9. The van der Waals surface area contributed by atoms with Crippen LogP contribution in [0.5, 0.6) is 5.75 Å². The number of halogens is 5. The van der Waals surface area contributed by atoms with Gasteiger partial charge in [-0.15, -0.1) is 13.2 Å². The van der Waals surface area contributed by atoms with Gasteiger partial charge in [-0.3, -0.25) is 9.52 Å². The Bertz CT molecular complexity index is 1230. The van der Waals surface area contributed by atoms with Gasteiger partial charge < -0.3 is 10.1 Å². The minimum absolute atomic E-state index is 0.0245. The van der Waals surface area contributed by atoms with Crippen molar-refractivity contribution in [1.82, 2.24) is 0 Å². The quantitative estimate of drug-likeness (QED) is 0.499. The predicted molar refractivity (Wildman–Crippen MR) is 105 cm³/mol. The molecule has 0 fully saturated rings. The number of rotatable bonds is 6. The van der Waals surface area contributed by atoms with E-state index in [2.05, 4.69) is 14.8 Å². The molecule has 0 saturated carbocycles. The average molecular weight is 472 g/mol. The Labute approximate surface area is 178 Å². The summed E-state index contributed by atoms with van der Waals surface area (Å²) in [6.45, 7) is 0. The molecule has 0 unspecified atom stereocenters. The van der Waals surface area contributed by atoms with Crippen LogP contribution in [-0.4, -0.2) is 20.7 Å². The Morgan fingerprint density at radius 2 is 1.47 bits per heavy atom. The standard InChI is InChI=1S/C20H13F5N2O4S/c21-13-8-12(9-14(22)10-13)19(28)26-16-2-1-3-18(11-16)32(29,30)27-15-4-6-17(7-5-15)31-20(23,24)25/h1-11,27H,(H,26,28). The van der Waals surface area contributed by atoms with E-state index in [0.29, 0.717) is 6.07 Å². The van der Waals surface area contributed by atoms with Crippen LogP contribution < -0.4 is 14.8 Å². The van der Waals surface area contributed by atoms with Gasteiger partial charge in [-0.25, -0.2) is 17.2 Å². The lowest BCUT2D eigenvalue weighted by Crippen LogP contribution is -2.17. The number of amides is 1. The number of sulfonamides is 1. The van der Waals surface area contributed by atoms with Crippen molar-refractivity contribution < 1.29 is 39.9 Å². The number of benzene rings is 3. The SMILES string of the molecule is O=C(Nc1cccc(S(=O)(=O)Nc2ccc(OC(F)(F)F)cc2)c1)c1cc(F)cc(F)c1. The molecule has 1 amide bonds. The summed E-state index contributed by atoms with van der Waals surface area (Å²) in [5.41, 5.74) is -0.323. The first-order valence-electron chi connectivity index (χ1n) is 8.67. The minimum atomic E-state index is -4.89. The van der Waals surface area contributed by atoms with Gasteiger partial charge in [0.1, 0.15) is 17.4 Å².